The average Bonchev–Trinajstić information content (AvgIpc) is 3.30. The summed E-state index contributed by atoms with van der Waals surface area (Å²) in [6, 6.07) is 8.38. The zero-order valence-corrected chi connectivity index (χ0v) is 14.0. The maximum absolute atomic E-state index is 12.7. The first-order valence-corrected chi connectivity index (χ1v) is 8.67. The van der Waals surface area contributed by atoms with Gasteiger partial charge in [0.2, 0.25) is 0 Å². The molecule has 0 radical (unpaired) electrons. The number of aromatic nitrogens is 3. The molecule has 1 aliphatic heterocycles. The molecule has 2 amide bonds. The van der Waals surface area contributed by atoms with E-state index in [2.05, 4.69) is 33.6 Å². The molecule has 1 aromatic heterocycles. The van der Waals surface area contributed by atoms with Crippen molar-refractivity contribution in [3.63, 3.8) is 0 Å². The van der Waals surface area contributed by atoms with Crippen molar-refractivity contribution in [3.05, 3.63) is 42.0 Å². The quantitative estimate of drug-likeness (QED) is 0.942. The molecule has 0 bridgehead atoms. The van der Waals surface area contributed by atoms with Crippen LogP contribution < -0.4 is 10.2 Å². The van der Waals surface area contributed by atoms with E-state index < -0.39 is 0 Å². The van der Waals surface area contributed by atoms with E-state index in [1.54, 1.807) is 4.68 Å². The fraction of sp³-hybridized carbons (Fsp3) is 0.500. The van der Waals surface area contributed by atoms with Crippen molar-refractivity contribution in [2.75, 3.05) is 18.0 Å². The Morgan fingerprint density at radius 1 is 1.29 bits per heavy atom. The number of hydrogen-bond acceptors (Lipinski definition) is 3. The number of urea groups is 1. The van der Waals surface area contributed by atoms with E-state index in [1.807, 2.05) is 18.0 Å². The Labute approximate surface area is 141 Å². The van der Waals surface area contributed by atoms with Crippen LogP contribution in [-0.2, 0) is 18.9 Å². The maximum atomic E-state index is 12.7. The van der Waals surface area contributed by atoms with E-state index in [-0.39, 0.29) is 11.4 Å². The van der Waals surface area contributed by atoms with Gasteiger partial charge in [0.1, 0.15) is 12.2 Å². The number of nitrogens with one attached hydrogen (secondary N) is 1. The lowest BCUT2D eigenvalue weighted by atomic mass is 9.81. The van der Waals surface area contributed by atoms with E-state index in [0.29, 0.717) is 13.0 Å². The number of benzene rings is 1. The molecule has 24 heavy (non-hydrogen) atoms. The van der Waals surface area contributed by atoms with Crippen LogP contribution in [-0.4, -0.2) is 33.9 Å². The molecule has 1 aromatic carbocycles. The number of fused-ring (bicyclic) bond motifs is 2. The summed E-state index contributed by atoms with van der Waals surface area (Å²) in [5.74, 6) is 0.879. The van der Waals surface area contributed by atoms with E-state index in [1.165, 1.54) is 37.6 Å². The first-order chi connectivity index (χ1) is 11.7. The van der Waals surface area contributed by atoms with Gasteiger partial charge in [0, 0.05) is 37.7 Å². The van der Waals surface area contributed by atoms with E-state index in [9.17, 15) is 4.79 Å². The number of carbonyl (C=O) groups excluding carboxylic acids is 1. The largest absolute Gasteiger partial charge is 0.337 e. The third kappa shape index (κ3) is 2.46. The molecule has 0 unspecified atom stereocenters. The summed E-state index contributed by atoms with van der Waals surface area (Å²) in [6.45, 7) is 1.37. The normalized spacial score (nSPS) is 18.1. The monoisotopic (exact) mass is 325 g/mol. The number of carbonyl (C=O) groups is 1. The summed E-state index contributed by atoms with van der Waals surface area (Å²) in [5.41, 5.74) is 2.61. The summed E-state index contributed by atoms with van der Waals surface area (Å²) in [6.07, 6.45) is 7.12. The van der Waals surface area contributed by atoms with Crippen LogP contribution in [0.15, 0.2) is 30.6 Å². The highest BCUT2D eigenvalue weighted by Gasteiger charge is 2.45. The third-order valence-electron chi connectivity index (χ3n) is 5.46. The minimum atomic E-state index is -0.00612. The number of hydrogen-bond donors (Lipinski definition) is 1. The van der Waals surface area contributed by atoms with Crippen molar-refractivity contribution in [1.29, 1.82) is 0 Å². The average molecular weight is 325 g/mol. The molecule has 1 N–H and O–H groups in total. The summed E-state index contributed by atoms with van der Waals surface area (Å²) in [7, 11) is 1.87. The second kappa shape index (κ2) is 5.92. The van der Waals surface area contributed by atoms with E-state index >= 15 is 0 Å². The second-order valence-electron chi connectivity index (χ2n) is 6.87. The van der Waals surface area contributed by atoms with Crippen molar-refractivity contribution < 1.29 is 4.79 Å². The van der Waals surface area contributed by atoms with Crippen LogP contribution in [0.2, 0.25) is 0 Å². The van der Waals surface area contributed by atoms with Gasteiger partial charge in [-0.15, -0.1) is 0 Å². The number of nitrogens with zero attached hydrogens (tertiary/aromatic N) is 4. The Morgan fingerprint density at radius 2 is 2.08 bits per heavy atom. The fourth-order valence-corrected chi connectivity index (χ4v) is 4.21. The molecule has 0 saturated heterocycles. The Morgan fingerprint density at radius 3 is 2.83 bits per heavy atom. The van der Waals surface area contributed by atoms with Crippen molar-refractivity contribution >= 4 is 11.7 Å². The molecule has 6 heteroatoms. The van der Waals surface area contributed by atoms with Crippen molar-refractivity contribution in [1.82, 2.24) is 20.1 Å². The lowest BCUT2D eigenvalue weighted by Crippen LogP contribution is -2.42. The molecule has 1 saturated carbocycles. The Bertz CT molecular complexity index is 747. The number of anilines is 1. The summed E-state index contributed by atoms with van der Waals surface area (Å²) < 4.78 is 1.74. The topological polar surface area (TPSA) is 63.1 Å². The lowest BCUT2D eigenvalue weighted by molar-refractivity contribution is 0.245. The van der Waals surface area contributed by atoms with Crippen molar-refractivity contribution in [2.45, 2.75) is 37.5 Å². The Balaban J connectivity index is 1.46. The van der Waals surface area contributed by atoms with Gasteiger partial charge in [-0.1, -0.05) is 31.0 Å². The van der Waals surface area contributed by atoms with Gasteiger partial charge >= 0.3 is 6.03 Å². The first-order valence-electron chi connectivity index (χ1n) is 8.67. The highest BCUT2D eigenvalue weighted by atomic mass is 16.2. The van der Waals surface area contributed by atoms with Crippen LogP contribution in [0.4, 0.5) is 10.5 Å². The number of rotatable bonds is 3. The highest BCUT2D eigenvalue weighted by molar-refractivity contribution is 5.95. The molecule has 2 aliphatic rings. The van der Waals surface area contributed by atoms with E-state index in [0.717, 1.165) is 18.1 Å². The van der Waals surface area contributed by atoms with Gasteiger partial charge < -0.3 is 5.32 Å². The first kappa shape index (κ1) is 15.2. The zero-order chi connectivity index (χ0) is 16.6. The number of para-hydroxylation sites is 1. The van der Waals surface area contributed by atoms with Crippen LogP contribution in [0.3, 0.4) is 0 Å². The van der Waals surface area contributed by atoms with Crippen LogP contribution in [0.5, 0.6) is 0 Å². The Kier molecular flexibility index (Phi) is 3.75. The zero-order valence-electron chi connectivity index (χ0n) is 14.0. The van der Waals surface area contributed by atoms with Gasteiger partial charge in [0.25, 0.3) is 0 Å². The lowest BCUT2D eigenvalue weighted by Gasteiger charge is -2.24. The molecule has 6 nitrogen and oxygen atoms in total. The van der Waals surface area contributed by atoms with Gasteiger partial charge in [-0.3, -0.25) is 9.58 Å². The molecule has 2 aromatic rings. The summed E-state index contributed by atoms with van der Waals surface area (Å²) in [5, 5.41) is 7.10. The van der Waals surface area contributed by atoms with Gasteiger partial charge in [-0.2, -0.15) is 5.10 Å². The van der Waals surface area contributed by atoms with Gasteiger partial charge in [-0.05, 0) is 24.5 Å². The molecule has 2 heterocycles. The third-order valence-corrected chi connectivity index (χ3v) is 5.46. The molecular formula is C18H23N5O. The predicted molar refractivity (Wildman–Crippen MR) is 92.0 cm³/mol. The summed E-state index contributed by atoms with van der Waals surface area (Å²) >= 11 is 0. The molecule has 1 spiro atoms. The van der Waals surface area contributed by atoms with Crippen molar-refractivity contribution in [2.24, 2.45) is 7.05 Å². The maximum Gasteiger partial charge on any atom is 0.321 e. The minimum Gasteiger partial charge on any atom is -0.337 e. The second-order valence-corrected chi connectivity index (χ2v) is 6.87. The predicted octanol–water partition coefficient (Wildman–Crippen LogP) is 2.40. The van der Waals surface area contributed by atoms with Crippen LogP contribution >= 0.6 is 0 Å². The number of amides is 2. The van der Waals surface area contributed by atoms with Crippen LogP contribution in [0, 0.1) is 0 Å². The molecule has 1 aliphatic carbocycles. The van der Waals surface area contributed by atoms with Crippen LogP contribution in [0.25, 0.3) is 0 Å². The van der Waals surface area contributed by atoms with Gasteiger partial charge in [-0.25, -0.2) is 9.78 Å². The van der Waals surface area contributed by atoms with Crippen LogP contribution in [0.1, 0.15) is 37.1 Å². The molecule has 1 fully saturated rings. The van der Waals surface area contributed by atoms with Gasteiger partial charge in [0.15, 0.2) is 0 Å². The smallest absolute Gasteiger partial charge is 0.321 e. The minimum absolute atomic E-state index is 0.00612. The SMILES string of the molecule is Cn1ncnc1CCNC(=O)N1CC2(CCCC2)c2ccccc21. The number of aryl methyl sites for hydroxylation is 1. The molecule has 4 rings (SSSR count). The van der Waals surface area contributed by atoms with Gasteiger partial charge in [0.05, 0.1) is 0 Å². The Hall–Kier alpha value is -2.37. The molecule has 0 atom stereocenters. The fourth-order valence-electron chi connectivity index (χ4n) is 4.21. The molecular weight excluding hydrogens is 302 g/mol. The standard InChI is InChI=1S/C18H23N5O/c1-22-16(20-13-21-22)8-11-19-17(24)23-12-18(9-4-5-10-18)14-6-2-3-7-15(14)23/h2-3,6-7,13H,4-5,8-12H2,1H3,(H,19,24). The van der Waals surface area contributed by atoms with E-state index in [4.69, 9.17) is 0 Å². The summed E-state index contributed by atoms with van der Waals surface area (Å²) in [4.78, 5) is 18.9. The molecule has 126 valence electrons. The van der Waals surface area contributed by atoms with Crippen molar-refractivity contribution in [3.8, 4) is 0 Å². The highest BCUT2D eigenvalue weighted by Crippen LogP contribution is 2.50.